The molecule has 0 aromatic carbocycles. The normalized spacial score (nSPS) is 31.0. The summed E-state index contributed by atoms with van der Waals surface area (Å²) < 4.78 is 48.2. The average molecular weight is 1090 g/mol. The minimum Gasteiger partial charge on any atom is -0.408 e. The molecule has 4 heterocycles. The second-order valence-electron chi connectivity index (χ2n) is 26.8. The van der Waals surface area contributed by atoms with Gasteiger partial charge in [-0.2, -0.15) is 19.2 Å². The van der Waals surface area contributed by atoms with Crippen LogP contribution in [-0.2, 0) is 51.4 Å². The van der Waals surface area contributed by atoms with E-state index >= 15 is 0 Å². The predicted octanol–water partition coefficient (Wildman–Crippen LogP) is 10.4. The molecule has 414 valence electrons. The van der Waals surface area contributed by atoms with Gasteiger partial charge in [0.15, 0.2) is 25.0 Å². The lowest BCUT2D eigenvalue weighted by Crippen LogP contribution is -2.69. The van der Waals surface area contributed by atoms with Gasteiger partial charge >= 0.3 is 12.3 Å². The van der Waals surface area contributed by atoms with Crippen molar-refractivity contribution in [2.75, 3.05) is 0 Å². The van der Waals surface area contributed by atoms with E-state index in [2.05, 4.69) is 160 Å². The number of aliphatic hydroxyl groups excluding tert-OH is 3. The molecule has 3 N–H and O–H groups in total. The van der Waals surface area contributed by atoms with Crippen molar-refractivity contribution in [3.63, 3.8) is 0 Å². The van der Waals surface area contributed by atoms with Crippen LogP contribution in [0.25, 0.3) is 0 Å². The van der Waals surface area contributed by atoms with Crippen molar-refractivity contribution in [3.8, 4) is 0 Å². The van der Waals surface area contributed by atoms with Crippen LogP contribution in [0.3, 0.4) is 0 Å². The number of fused-ring (bicyclic) bond motifs is 2. The fourth-order valence-electron chi connectivity index (χ4n) is 8.05. The van der Waals surface area contributed by atoms with E-state index < -0.39 is 71.6 Å². The molecular weight excluding hydrogens is 989 g/mol. The molecule has 4 aliphatic rings. The van der Waals surface area contributed by atoms with Crippen molar-refractivity contribution >= 4 is 53.4 Å². The summed E-state index contributed by atoms with van der Waals surface area (Å²) in [5.74, 6) is 0. The van der Waals surface area contributed by atoms with Gasteiger partial charge in [-0.15, -0.1) is 0 Å². The van der Waals surface area contributed by atoms with Crippen molar-refractivity contribution in [3.05, 3.63) is 23.6 Å². The molecule has 14 atom stereocenters. The van der Waals surface area contributed by atoms with Crippen LogP contribution in [0.2, 0.25) is 93.7 Å². The summed E-state index contributed by atoms with van der Waals surface area (Å²) in [4.78, 5) is 32.5. The molecule has 0 aliphatic carbocycles. The molecular formula is C52H102O14Si5. The first-order chi connectivity index (χ1) is 32.1. The van der Waals surface area contributed by atoms with E-state index in [0.29, 0.717) is 0 Å². The Hall–Kier alpha value is -1.08. The Kier molecular flexibility index (Phi) is 26.1. The van der Waals surface area contributed by atoms with Crippen LogP contribution in [0.1, 0.15) is 115 Å². The molecule has 1 unspecified atom stereocenters. The largest absolute Gasteiger partial charge is 0.408 e. The number of hydrogen-bond donors (Lipinski definition) is 3. The second-order valence-corrected chi connectivity index (χ2v) is 51.2. The first kappa shape index (κ1) is 67.9. The van der Waals surface area contributed by atoms with Gasteiger partial charge in [0, 0.05) is 0 Å². The highest BCUT2D eigenvalue weighted by atomic mass is 28.4. The van der Waals surface area contributed by atoms with E-state index in [0.717, 1.165) is 38.5 Å². The van der Waals surface area contributed by atoms with Crippen molar-refractivity contribution in [2.24, 2.45) is 0 Å². The van der Waals surface area contributed by atoms with Crippen LogP contribution in [0, 0.1) is 0 Å². The highest BCUT2D eigenvalue weighted by Crippen LogP contribution is 2.47. The number of hydrogen-bond acceptors (Lipinski definition) is 14. The zero-order valence-corrected chi connectivity index (χ0v) is 53.5. The molecule has 0 aromatic rings. The zero-order chi connectivity index (χ0) is 55.5. The monoisotopic (exact) mass is 1090 g/mol. The minimum absolute atomic E-state index is 0.0346. The van der Waals surface area contributed by atoms with Crippen LogP contribution in [-0.4, -0.2) is 154 Å². The van der Waals surface area contributed by atoms with Gasteiger partial charge in [0.1, 0.15) is 54.9 Å². The fraction of sp³-hybridized carbons (Fsp3) is 0.885. The number of carbonyl (C=O) groups excluding carboxylic acids is 4. The van der Waals surface area contributed by atoms with E-state index in [-0.39, 0.29) is 82.4 Å². The van der Waals surface area contributed by atoms with E-state index in [4.69, 9.17) is 51.4 Å². The summed E-state index contributed by atoms with van der Waals surface area (Å²) in [6.45, 7) is 53.0. The SMILES string of the molecule is CC[C@H]1CC[C@@H]2O[C@@H]([C@@H](O)/C=C/[Si](C)(C)C)C(O)[C@@H](O)[C@H]2O1.CC[C@H]1CC[C@@H]2O[C@@H]([C@H](/C=C/[Si](C)(C)C)O[Si](C)(C)C(C)(C)C)[C@@H](O[Si](C)(C)C(C)(C)C)[C@@H](O[Si](C)(C)C(C)(C)C)[C@H]2O1.O=C=O.O=C=O. The fourth-order valence-corrected chi connectivity index (χ4v) is 13.4. The van der Waals surface area contributed by atoms with Crippen LogP contribution >= 0.6 is 0 Å². The topological polar surface area (TPSA) is 194 Å². The van der Waals surface area contributed by atoms with E-state index in [9.17, 15) is 15.3 Å². The quantitative estimate of drug-likeness (QED) is 0.139. The second kappa shape index (κ2) is 27.3. The van der Waals surface area contributed by atoms with Crippen molar-refractivity contribution in [2.45, 2.75) is 294 Å². The molecule has 19 heteroatoms. The number of rotatable bonds is 14. The summed E-state index contributed by atoms with van der Waals surface area (Å²) >= 11 is 0. The molecule has 0 bridgehead atoms. The molecule has 4 saturated heterocycles. The Labute approximate surface area is 435 Å². The molecule has 0 saturated carbocycles. The maximum absolute atomic E-state index is 10.4. The summed E-state index contributed by atoms with van der Waals surface area (Å²) in [6.07, 6.45) is 4.65. The van der Waals surface area contributed by atoms with Gasteiger partial charge in [-0.3, -0.25) is 0 Å². The van der Waals surface area contributed by atoms with Crippen LogP contribution in [0.4, 0.5) is 0 Å². The third-order valence-electron chi connectivity index (χ3n) is 15.5. The van der Waals surface area contributed by atoms with E-state index in [1.165, 1.54) is 0 Å². The highest BCUT2D eigenvalue weighted by molar-refractivity contribution is 6.81. The third-order valence-corrected chi connectivity index (χ3v) is 31.3. The van der Waals surface area contributed by atoms with Gasteiger partial charge in [0.25, 0.3) is 0 Å². The lowest BCUT2D eigenvalue weighted by atomic mass is 9.87. The molecule has 71 heavy (non-hydrogen) atoms. The standard InChI is InChI=1S/C34H72O5Si4.C16H30O5Si.2CO2/c1-20-25-21-22-26-28(35-25)30(38-42(16,17)33(5,6)7)31(39-43(18,19)34(8,9)10)29(36-26)27(23-24-40(11,12)13)37-41(14,15)32(2,3)4;1-5-10-6-7-12-16(20-10)14(19)13(18)15(21-12)11(17)8-9-22(2,3)4;2*2-1-3/h23-31H,20-22H2,1-19H3;8-19H,5-7H2,1-4H3;;/b24-23+;9-8+;;/t25-,26-,27-,28-,29-,30-,31+;10-,11-,12-,13?,14+,15-,16-;;/m00../s1. The molecule has 0 spiro atoms. The Morgan fingerprint density at radius 3 is 1.30 bits per heavy atom. The van der Waals surface area contributed by atoms with E-state index in [1.807, 2.05) is 12.6 Å². The Bertz CT molecular complexity index is 1720. The molecule has 14 nitrogen and oxygen atoms in total. The number of aliphatic hydroxyl groups is 3. The summed E-state index contributed by atoms with van der Waals surface area (Å²) in [7, 11) is -9.54. The van der Waals surface area contributed by atoms with Crippen LogP contribution in [0.5, 0.6) is 0 Å². The molecule has 0 aromatic heterocycles. The predicted molar refractivity (Wildman–Crippen MR) is 293 cm³/mol. The van der Waals surface area contributed by atoms with Crippen molar-refractivity contribution in [1.29, 1.82) is 0 Å². The van der Waals surface area contributed by atoms with Crippen molar-refractivity contribution in [1.82, 2.24) is 0 Å². The van der Waals surface area contributed by atoms with Gasteiger partial charge in [-0.1, -0.05) is 139 Å². The third kappa shape index (κ3) is 20.4. The molecule has 4 aliphatic heterocycles. The van der Waals surface area contributed by atoms with Crippen LogP contribution < -0.4 is 0 Å². The minimum atomic E-state index is -2.24. The number of ether oxygens (including phenoxy) is 4. The van der Waals surface area contributed by atoms with Gasteiger partial charge in [0.05, 0.1) is 46.7 Å². The molecule has 4 rings (SSSR count). The zero-order valence-electron chi connectivity index (χ0n) is 48.5. The Morgan fingerprint density at radius 2 is 0.901 bits per heavy atom. The highest BCUT2D eigenvalue weighted by Gasteiger charge is 2.58. The van der Waals surface area contributed by atoms with Crippen molar-refractivity contribution < 1.29 is 66.7 Å². The molecule has 0 amide bonds. The maximum atomic E-state index is 10.4. The average Bonchev–Trinajstić information content (AvgIpc) is 3.22. The first-order valence-corrected chi connectivity index (χ1v) is 42.0. The lowest BCUT2D eigenvalue weighted by molar-refractivity contribution is -0.274. The lowest BCUT2D eigenvalue weighted by Gasteiger charge is -2.56. The maximum Gasteiger partial charge on any atom is 0.373 e. The van der Waals surface area contributed by atoms with Gasteiger partial charge in [-0.25, -0.2) is 0 Å². The summed E-state index contributed by atoms with van der Waals surface area (Å²) in [5, 5.41) is 31.1. The van der Waals surface area contributed by atoms with Gasteiger partial charge in [-0.05, 0) is 92.9 Å². The Balaban J connectivity index is 0.000000745. The van der Waals surface area contributed by atoms with Crippen LogP contribution in [0.15, 0.2) is 23.6 Å². The summed E-state index contributed by atoms with van der Waals surface area (Å²) in [5.41, 5.74) is 4.47. The van der Waals surface area contributed by atoms with Gasteiger partial charge in [0.2, 0.25) is 0 Å². The molecule has 0 radical (unpaired) electrons. The van der Waals surface area contributed by atoms with E-state index in [1.54, 1.807) is 6.08 Å². The smallest absolute Gasteiger partial charge is 0.373 e. The van der Waals surface area contributed by atoms with Gasteiger partial charge < -0.3 is 47.5 Å². The first-order valence-electron chi connectivity index (χ1n) is 26.2. The summed E-state index contributed by atoms with van der Waals surface area (Å²) in [6, 6.07) is 0. The Morgan fingerprint density at radius 1 is 0.535 bits per heavy atom. The molecule has 4 fully saturated rings.